The molecule has 0 bridgehead atoms. The summed E-state index contributed by atoms with van der Waals surface area (Å²) in [5, 5.41) is 5.74. The molecule has 1 heterocycles. The number of thiophene rings is 1. The number of rotatable bonds is 7. The average Bonchev–Trinajstić information content (AvgIpc) is 3.18. The van der Waals surface area contributed by atoms with Crippen LogP contribution >= 0.6 is 22.9 Å². The number of hydrogen-bond donors (Lipinski definition) is 1. The SMILES string of the molecule is CCOC(=O)c1c(-c2ccc(C(C)(C)C)cc2)csc1NC(=O)C(C)(C)Oc1ccc(Cl)cc1. The number of nitrogens with one attached hydrogen (secondary N) is 1. The molecular weight excluding hydrogens is 470 g/mol. The Morgan fingerprint density at radius 2 is 1.59 bits per heavy atom. The van der Waals surface area contributed by atoms with Crippen LogP contribution in [0.4, 0.5) is 5.00 Å². The Labute approximate surface area is 210 Å². The van der Waals surface area contributed by atoms with Crippen molar-refractivity contribution in [3.63, 3.8) is 0 Å². The van der Waals surface area contributed by atoms with E-state index in [2.05, 4.69) is 38.2 Å². The van der Waals surface area contributed by atoms with E-state index in [9.17, 15) is 9.59 Å². The van der Waals surface area contributed by atoms with Crippen LogP contribution in [0.2, 0.25) is 5.02 Å². The highest BCUT2D eigenvalue weighted by Gasteiger charge is 2.32. The van der Waals surface area contributed by atoms with Crippen molar-refractivity contribution in [2.24, 2.45) is 0 Å². The molecule has 3 rings (SSSR count). The topological polar surface area (TPSA) is 64.6 Å². The van der Waals surface area contributed by atoms with Crippen LogP contribution in [0.3, 0.4) is 0 Å². The number of ether oxygens (including phenoxy) is 2. The molecule has 0 aliphatic rings. The Morgan fingerprint density at radius 3 is 2.15 bits per heavy atom. The Kier molecular flexibility index (Phi) is 7.74. The Morgan fingerprint density at radius 1 is 0.971 bits per heavy atom. The molecule has 0 radical (unpaired) electrons. The third-order valence-corrected chi connectivity index (χ3v) is 6.44. The molecule has 2 aromatic carbocycles. The van der Waals surface area contributed by atoms with Gasteiger partial charge in [0.25, 0.3) is 5.91 Å². The van der Waals surface area contributed by atoms with E-state index in [0.717, 1.165) is 11.1 Å². The van der Waals surface area contributed by atoms with Crippen molar-refractivity contribution in [1.82, 2.24) is 0 Å². The molecule has 1 amide bonds. The van der Waals surface area contributed by atoms with Gasteiger partial charge in [-0.25, -0.2) is 4.79 Å². The molecule has 0 spiro atoms. The van der Waals surface area contributed by atoms with Gasteiger partial charge >= 0.3 is 5.97 Å². The third-order valence-electron chi connectivity index (χ3n) is 5.29. The van der Waals surface area contributed by atoms with Crippen molar-refractivity contribution in [2.75, 3.05) is 11.9 Å². The Hall–Kier alpha value is -2.83. The molecule has 1 aromatic heterocycles. The normalized spacial score (nSPS) is 11.7. The summed E-state index contributed by atoms with van der Waals surface area (Å²) in [7, 11) is 0. The Balaban J connectivity index is 1.90. The van der Waals surface area contributed by atoms with Crippen LogP contribution in [0.5, 0.6) is 5.75 Å². The highest BCUT2D eigenvalue weighted by molar-refractivity contribution is 7.15. The van der Waals surface area contributed by atoms with E-state index < -0.39 is 11.6 Å². The number of esters is 1. The maximum absolute atomic E-state index is 13.1. The number of hydrogen-bond acceptors (Lipinski definition) is 5. The second-order valence-corrected chi connectivity index (χ2v) is 10.7. The zero-order valence-corrected chi connectivity index (χ0v) is 21.9. The molecule has 34 heavy (non-hydrogen) atoms. The second-order valence-electron chi connectivity index (χ2n) is 9.42. The minimum Gasteiger partial charge on any atom is -0.478 e. The van der Waals surface area contributed by atoms with Gasteiger partial charge in [-0.1, -0.05) is 56.6 Å². The van der Waals surface area contributed by atoms with Crippen LogP contribution in [0.1, 0.15) is 57.5 Å². The lowest BCUT2D eigenvalue weighted by Crippen LogP contribution is -2.42. The largest absolute Gasteiger partial charge is 0.478 e. The van der Waals surface area contributed by atoms with E-state index in [1.807, 2.05) is 17.5 Å². The molecule has 3 aromatic rings. The summed E-state index contributed by atoms with van der Waals surface area (Å²) in [6, 6.07) is 14.9. The lowest BCUT2D eigenvalue weighted by Gasteiger charge is -2.25. The number of benzene rings is 2. The van der Waals surface area contributed by atoms with E-state index in [1.165, 1.54) is 16.9 Å². The monoisotopic (exact) mass is 499 g/mol. The van der Waals surface area contributed by atoms with Gasteiger partial charge in [-0.3, -0.25) is 4.79 Å². The average molecular weight is 500 g/mol. The summed E-state index contributed by atoms with van der Waals surface area (Å²) in [6.45, 7) is 11.8. The van der Waals surface area contributed by atoms with E-state index in [0.29, 0.717) is 21.3 Å². The Bertz CT molecular complexity index is 1160. The van der Waals surface area contributed by atoms with Crippen molar-refractivity contribution >= 4 is 39.8 Å². The lowest BCUT2D eigenvalue weighted by atomic mass is 9.86. The van der Waals surface area contributed by atoms with Crippen molar-refractivity contribution in [1.29, 1.82) is 0 Å². The molecule has 0 atom stereocenters. The summed E-state index contributed by atoms with van der Waals surface area (Å²) < 4.78 is 11.2. The van der Waals surface area contributed by atoms with Gasteiger partial charge in [0, 0.05) is 16.0 Å². The van der Waals surface area contributed by atoms with Gasteiger partial charge in [0.15, 0.2) is 5.60 Å². The van der Waals surface area contributed by atoms with Gasteiger partial charge in [0.05, 0.1) is 6.61 Å². The van der Waals surface area contributed by atoms with E-state index in [4.69, 9.17) is 21.1 Å². The van der Waals surface area contributed by atoms with Crippen molar-refractivity contribution in [2.45, 2.75) is 52.6 Å². The minimum atomic E-state index is -1.20. The van der Waals surface area contributed by atoms with Gasteiger partial charge in [0.1, 0.15) is 16.3 Å². The van der Waals surface area contributed by atoms with E-state index in [1.54, 1.807) is 45.0 Å². The van der Waals surface area contributed by atoms with Crippen LogP contribution in [-0.2, 0) is 14.9 Å². The minimum absolute atomic E-state index is 0.0198. The molecule has 0 unspecified atom stereocenters. The summed E-state index contributed by atoms with van der Waals surface area (Å²) in [5.41, 5.74) is 1.95. The van der Waals surface area contributed by atoms with Crippen LogP contribution in [0.25, 0.3) is 11.1 Å². The number of anilines is 1. The van der Waals surface area contributed by atoms with E-state index in [-0.39, 0.29) is 17.9 Å². The molecule has 0 aliphatic carbocycles. The molecule has 1 N–H and O–H groups in total. The first kappa shape index (κ1) is 25.8. The maximum Gasteiger partial charge on any atom is 0.341 e. The summed E-state index contributed by atoms with van der Waals surface area (Å²) >= 11 is 7.21. The van der Waals surface area contributed by atoms with E-state index >= 15 is 0 Å². The smallest absolute Gasteiger partial charge is 0.341 e. The fraction of sp³-hybridized carbons (Fsp3) is 0.333. The molecule has 0 aliphatic heterocycles. The summed E-state index contributed by atoms with van der Waals surface area (Å²) in [6.07, 6.45) is 0. The van der Waals surface area contributed by atoms with Gasteiger partial charge in [-0.05, 0) is 61.6 Å². The predicted octanol–water partition coefficient (Wildman–Crippen LogP) is 7.34. The van der Waals surface area contributed by atoms with Crippen molar-refractivity contribution < 1.29 is 19.1 Å². The number of halogens is 1. The first-order valence-corrected chi connectivity index (χ1v) is 12.3. The zero-order chi connectivity index (χ0) is 25.1. The number of amides is 1. The fourth-order valence-corrected chi connectivity index (χ4v) is 4.39. The molecule has 180 valence electrons. The van der Waals surface area contributed by atoms with Crippen LogP contribution in [0.15, 0.2) is 53.9 Å². The van der Waals surface area contributed by atoms with Crippen LogP contribution in [0, 0.1) is 0 Å². The molecule has 0 saturated heterocycles. The standard InChI is InChI=1S/C27H30ClNO4S/c1-7-32-24(30)22-21(17-8-10-18(11-9-17)26(2,3)4)16-34-23(22)29-25(31)27(5,6)33-20-14-12-19(28)13-15-20/h8-16H,7H2,1-6H3,(H,29,31). The quantitative estimate of drug-likeness (QED) is 0.345. The first-order chi connectivity index (χ1) is 15.9. The maximum atomic E-state index is 13.1. The molecule has 0 fully saturated rings. The second kappa shape index (κ2) is 10.2. The molecule has 0 saturated carbocycles. The highest BCUT2D eigenvalue weighted by Crippen LogP contribution is 2.37. The molecule has 5 nitrogen and oxygen atoms in total. The highest BCUT2D eigenvalue weighted by atomic mass is 35.5. The molecule has 7 heteroatoms. The number of carbonyl (C=O) groups is 2. The van der Waals surface area contributed by atoms with Crippen LogP contribution in [-0.4, -0.2) is 24.1 Å². The predicted molar refractivity (Wildman–Crippen MR) is 139 cm³/mol. The number of carbonyl (C=O) groups excluding carboxylic acids is 2. The van der Waals surface area contributed by atoms with Crippen molar-refractivity contribution in [3.05, 3.63) is 70.1 Å². The molecular formula is C27H30ClNO4S. The third kappa shape index (κ3) is 5.99. The first-order valence-electron chi connectivity index (χ1n) is 11.1. The zero-order valence-electron chi connectivity index (χ0n) is 20.3. The summed E-state index contributed by atoms with van der Waals surface area (Å²) in [5.74, 6) is -0.351. The lowest BCUT2D eigenvalue weighted by molar-refractivity contribution is -0.128. The van der Waals surface area contributed by atoms with Gasteiger partial charge in [-0.15, -0.1) is 11.3 Å². The fourth-order valence-electron chi connectivity index (χ4n) is 3.32. The van der Waals surface area contributed by atoms with Gasteiger partial charge < -0.3 is 14.8 Å². The van der Waals surface area contributed by atoms with Crippen molar-refractivity contribution in [3.8, 4) is 16.9 Å². The van der Waals surface area contributed by atoms with Gasteiger partial charge in [0.2, 0.25) is 0 Å². The summed E-state index contributed by atoms with van der Waals surface area (Å²) in [4.78, 5) is 26.0. The van der Waals surface area contributed by atoms with Gasteiger partial charge in [-0.2, -0.15) is 0 Å². The van der Waals surface area contributed by atoms with Crippen LogP contribution < -0.4 is 10.1 Å².